The molecular weight excluding hydrogens is 262 g/mol. The van der Waals surface area contributed by atoms with E-state index in [0.717, 1.165) is 24.3 Å². The van der Waals surface area contributed by atoms with Crippen molar-refractivity contribution in [2.45, 2.75) is 26.7 Å². The fraction of sp³-hybridized carbons (Fsp3) is 0.412. The Bertz CT molecular complexity index is 719. The molecule has 21 heavy (non-hydrogen) atoms. The molecule has 4 nitrogen and oxygen atoms in total. The van der Waals surface area contributed by atoms with Crippen LogP contribution in [-0.2, 0) is 0 Å². The molecule has 0 radical (unpaired) electrons. The van der Waals surface area contributed by atoms with Crippen LogP contribution in [0.1, 0.15) is 34.5 Å². The van der Waals surface area contributed by atoms with Crippen molar-refractivity contribution in [1.29, 1.82) is 0 Å². The first kappa shape index (κ1) is 12.6. The van der Waals surface area contributed by atoms with Crippen molar-refractivity contribution in [3.8, 4) is 11.3 Å². The lowest BCUT2D eigenvalue weighted by molar-refractivity contribution is 0.0437. The minimum Gasteiger partial charge on any atom is -0.336 e. The third-order valence-corrected chi connectivity index (χ3v) is 4.91. The first-order valence-electron chi connectivity index (χ1n) is 7.49. The Balaban J connectivity index is 1.54. The van der Waals surface area contributed by atoms with E-state index in [9.17, 15) is 4.79 Å². The summed E-state index contributed by atoms with van der Waals surface area (Å²) in [7, 11) is 0. The molecule has 108 valence electrons. The second kappa shape index (κ2) is 4.20. The molecular formula is C17H19N3O. The smallest absolute Gasteiger partial charge is 0.271 e. The van der Waals surface area contributed by atoms with Crippen molar-refractivity contribution >= 4 is 5.91 Å². The molecule has 0 atom stereocenters. The SMILES string of the molecule is Cc1ccc(-c2cc(C(=O)N3CC4(CC4)C3)[nH]n2)cc1C. The van der Waals surface area contributed by atoms with E-state index in [4.69, 9.17) is 0 Å². The van der Waals surface area contributed by atoms with E-state index < -0.39 is 0 Å². The maximum atomic E-state index is 12.4. The monoisotopic (exact) mass is 281 g/mol. The highest BCUT2D eigenvalue weighted by Gasteiger charge is 2.53. The number of hydrogen-bond donors (Lipinski definition) is 1. The molecule has 0 unspecified atom stereocenters. The van der Waals surface area contributed by atoms with E-state index in [1.807, 2.05) is 11.0 Å². The third-order valence-electron chi connectivity index (χ3n) is 4.91. The zero-order valence-corrected chi connectivity index (χ0v) is 12.4. The zero-order valence-electron chi connectivity index (χ0n) is 12.4. The number of amides is 1. The van der Waals surface area contributed by atoms with Gasteiger partial charge in [0.15, 0.2) is 0 Å². The van der Waals surface area contributed by atoms with Gasteiger partial charge in [-0.3, -0.25) is 9.89 Å². The Morgan fingerprint density at radius 3 is 2.62 bits per heavy atom. The first-order chi connectivity index (χ1) is 10.1. The quantitative estimate of drug-likeness (QED) is 0.920. The van der Waals surface area contributed by atoms with Gasteiger partial charge in [-0.15, -0.1) is 0 Å². The maximum Gasteiger partial charge on any atom is 0.271 e. The van der Waals surface area contributed by atoms with Gasteiger partial charge in [-0.2, -0.15) is 5.10 Å². The van der Waals surface area contributed by atoms with Crippen LogP contribution in [0, 0.1) is 19.3 Å². The van der Waals surface area contributed by atoms with Gasteiger partial charge in [0.2, 0.25) is 0 Å². The molecule has 1 aromatic heterocycles. The summed E-state index contributed by atoms with van der Waals surface area (Å²) in [5.41, 5.74) is 5.48. The summed E-state index contributed by atoms with van der Waals surface area (Å²) >= 11 is 0. The molecule has 4 heteroatoms. The highest BCUT2D eigenvalue weighted by atomic mass is 16.2. The lowest BCUT2D eigenvalue weighted by Crippen LogP contribution is -2.51. The Kier molecular flexibility index (Phi) is 2.52. The molecule has 2 aliphatic rings. The Labute approximate surface area is 124 Å². The minimum absolute atomic E-state index is 0.0788. The fourth-order valence-electron chi connectivity index (χ4n) is 3.05. The third kappa shape index (κ3) is 2.06. The molecule has 1 saturated carbocycles. The summed E-state index contributed by atoms with van der Waals surface area (Å²) in [6, 6.07) is 8.12. The van der Waals surface area contributed by atoms with Crippen LogP contribution >= 0.6 is 0 Å². The number of carbonyl (C=O) groups excluding carboxylic acids is 1. The van der Waals surface area contributed by atoms with Gasteiger partial charge in [0, 0.05) is 24.1 Å². The molecule has 2 aromatic rings. The van der Waals surface area contributed by atoms with Crippen LogP contribution in [0.5, 0.6) is 0 Å². The number of aromatic nitrogens is 2. The number of benzene rings is 1. The number of hydrogen-bond acceptors (Lipinski definition) is 2. The average molecular weight is 281 g/mol. The van der Waals surface area contributed by atoms with E-state index in [1.54, 1.807) is 0 Å². The van der Waals surface area contributed by atoms with Crippen LogP contribution < -0.4 is 0 Å². The zero-order chi connectivity index (χ0) is 14.6. The van der Waals surface area contributed by atoms with Gasteiger partial charge in [0.25, 0.3) is 5.91 Å². The van der Waals surface area contributed by atoms with Crippen LogP contribution in [0.25, 0.3) is 11.3 Å². The van der Waals surface area contributed by atoms with Gasteiger partial charge in [0.1, 0.15) is 5.69 Å². The number of nitrogens with zero attached hydrogens (tertiary/aromatic N) is 2. The number of aryl methyl sites for hydroxylation is 2. The highest BCUT2D eigenvalue weighted by molar-refractivity contribution is 5.94. The van der Waals surface area contributed by atoms with Gasteiger partial charge >= 0.3 is 0 Å². The molecule has 1 aliphatic heterocycles. The van der Waals surface area contributed by atoms with Crippen molar-refractivity contribution < 1.29 is 4.79 Å². The lowest BCUT2D eigenvalue weighted by atomic mass is 9.96. The topological polar surface area (TPSA) is 49.0 Å². The standard InChI is InChI=1S/C17H19N3O/c1-11-3-4-13(7-12(11)2)14-8-15(19-18-14)16(21)20-9-17(10-20)5-6-17/h3-4,7-8H,5-6,9-10H2,1-2H3,(H,18,19). The number of H-pyrrole nitrogens is 1. The normalized spacial score (nSPS) is 18.7. The molecule has 1 aromatic carbocycles. The van der Waals surface area contributed by atoms with Crippen LogP contribution in [0.4, 0.5) is 0 Å². The van der Waals surface area contributed by atoms with Crippen LogP contribution in [0.3, 0.4) is 0 Å². The molecule has 1 aliphatic carbocycles. The molecule has 1 amide bonds. The largest absolute Gasteiger partial charge is 0.336 e. The predicted molar refractivity (Wildman–Crippen MR) is 81.1 cm³/mol. The van der Waals surface area contributed by atoms with E-state index in [1.165, 1.54) is 24.0 Å². The lowest BCUT2D eigenvalue weighted by Gasteiger charge is -2.39. The van der Waals surface area contributed by atoms with Crippen LogP contribution in [0.2, 0.25) is 0 Å². The van der Waals surface area contributed by atoms with Crippen molar-refractivity contribution in [2.24, 2.45) is 5.41 Å². The number of nitrogens with one attached hydrogen (secondary N) is 1. The van der Waals surface area contributed by atoms with Crippen molar-refractivity contribution in [3.05, 3.63) is 41.1 Å². The van der Waals surface area contributed by atoms with Crippen LogP contribution in [0.15, 0.2) is 24.3 Å². The summed E-state index contributed by atoms with van der Waals surface area (Å²) in [4.78, 5) is 14.3. The van der Waals surface area contributed by atoms with Gasteiger partial charge in [-0.05, 0) is 49.9 Å². The first-order valence-corrected chi connectivity index (χ1v) is 7.49. The Morgan fingerprint density at radius 2 is 1.95 bits per heavy atom. The molecule has 1 saturated heterocycles. The van der Waals surface area contributed by atoms with Gasteiger partial charge in [0.05, 0.1) is 5.69 Å². The van der Waals surface area contributed by atoms with E-state index in [-0.39, 0.29) is 5.91 Å². The molecule has 1 N–H and O–H groups in total. The summed E-state index contributed by atoms with van der Waals surface area (Å²) in [5, 5.41) is 7.19. The van der Waals surface area contributed by atoms with Gasteiger partial charge in [-0.25, -0.2) is 0 Å². The van der Waals surface area contributed by atoms with Gasteiger partial charge in [-0.1, -0.05) is 12.1 Å². The fourth-order valence-corrected chi connectivity index (χ4v) is 3.05. The maximum absolute atomic E-state index is 12.4. The molecule has 1 spiro atoms. The average Bonchev–Trinajstić information content (AvgIpc) is 3.09. The molecule has 4 rings (SSSR count). The van der Waals surface area contributed by atoms with Crippen molar-refractivity contribution in [3.63, 3.8) is 0 Å². The molecule has 2 heterocycles. The van der Waals surface area contributed by atoms with Crippen molar-refractivity contribution in [2.75, 3.05) is 13.1 Å². The minimum atomic E-state index is 0.0788. The highest BCUT2D eigenvalue weighted by Crippen LogP contribution is 2.53. The molecule has 2 fully saturated rings. The summed E-state index contributed by atoms with van der Waals surface area (Å²) in [6.45, 7) is 6.02. The number of rotatable bonds is 2. The van der Waals surface area contributed by atoms with E-state index in [2.05, 4.69) is 42.2 Å². The summed E-state index contributed by atoms with van der Waals surface area (Å²) in [6.07, 6.45) is 2.57. The second-order valence-corrected chi connectivity index (χ2v) is 6.63. The predicted octanol–water partition coefficient (Wildman–Crippen LogP) is 2.93. The Hall–Kier alpha value is -2.10. The summed E-state index contributed by atoms with van der Waals surface area (Å²) in [5.74, 6) is 0.0788. The number of carbonyl (C=O) groups is 1. The van der Waals surface area contributed by atoms with E-state index in [0.29, 0.717) is 11.1 Å². The van der Waals surface area contributed by atoms with Gasteiger partial charge < -0.3 is 4.90 Å². The number of likely N-dealkylation sites (tertiary alicyclic amines) is 1. The Morgan fingerprint density at radius 1 is 1.19 bits per heavy atom. The second-order valence-electron chi connectivity index (χ2n) is 6.63. The molecule has 0 bridgehead atoms. The van der Waals surface area contributed by atoms with Crippen molar-refractivity contribution in [1.82, 2.24) is 15.1 Å². The van der Waals surface area contributed by atoms with Crippen LogP contribution in [-0.4, -0.2) is 34.1 Å². The van der Waals surface area contributed by atoms with E-state index >= 15 is 0 Å². The number of aromatic amines is 1. The summed E-state index contributed by atoms with van der Waals surface area (Å²) < 4.78 is 0.